The summed E-state index contributed by atoms with van der Waals surface area (Å²) in [5, 5.41) is 15.1. The van der Waals surface area contributed by atoms with Gasteiger partial charge in [-0.15, -0.1) is 11.3 Å². The second-order valence-electron chi connectivity index (χ2n) is 3.73. The van der Waals surface area contributed by atoms with Gasteiger partial charge in [0.25, 0.3) is 0 Å². The first-order chi connectivity index (χ1) is 8.22. The Bertz CT molecular complexity index is 524. The van der Waals surface area contributed by atoms with Gasteiger partial charge in [-0.05, 0) is 22.4 Å². The zero-order valence-electron chi connectivity index (χ0n) is 9.22. The van der Waals surface area contributed by atoms with E-state index in [-0.39, 0.29) is 6.54 Å². The monoisotopic (exact) mass is 250 g/mol. The van der Waals surface area contributed by atoms with Crippen LogP contribution in [0.1, 0.15) is 5.56 Å². The molecule has 1 aromatic carbocycles. The van der Waals surface area contributed by atoms with Gasteiger partial charge in [0.1, 0.15) is 6.10 Å². The van der Waals surface area contributed by atoms with Gasteiger partial charge in [0.15, 0.2) is 0 Å². The van der Waals surface area contributed by atoms with Crippen LogP contribution in [-0.4, -0.2) is 23.7 Å². The summed E-state index contributed by atoms with van der Waals surface area (Å²) in [5.41, 5.74) is 6.26. The van der Waals surface area contributed by atoms with Crippen LogP contribution in [0.5, 0.6) is 0 Å². The van der Waals surface area contributed by atoms with Crippen LogP contribution < -0.4 is 11.1 Å². The first-order valence-electron chi connectivity index (χ1n) is 5.33. The van der Waals surface area contributed by atoms with Gasteiger partial charge in [0.05, 0.1) is 0 Å². The van der Waals surface area contributed by atoms with Gasteiger partial charge in [0, 0.05) is 17.8 Å². The minimum atomic E-state index is -1.13. The average Bonchev–Trinajstić information content (AvgIpc) is 2.78. The Labute approximate surface area is 103 Å². The number of carbonyl (C=O) groups excluding carboxylic acids is 1. The molecular formula is C12H14N2O2S. The van der Waals surface area contributed by atoms with Crippen molar-refractivity contribution in [3.05, 3.63) is 35.2 Å². The molecule has 1 aromatic heterocycles. The molecule has 0 aliphatic rings. The zero-order chi connectivity index (χ0) is 12.3. The van der Waals surface area contributed by atoms with E-state index >= 15 is 0 Å². The molecule has 4 N–H and O–H groups in total. The van der Waals surface area contributed by atoms with Crippen molar-refractivity contribution in [1.82, 2.24) is 5.32 Å². The van der Waals surface area contributed by atoms with Crippen LogP contribution in [0.4, 0.5) is 0 Å². The van der Waals surface area contributed by atoms with Gasteiger partial charge in [-0.25, -0.2) is 0 Å². The second kappa shape index (κ2) is 5.27. The molecule has 0 spiro atoms. The van der Waals surface area contributed by atoms with Crippen LogP contribution in [0.15, 0.2) is 29.6 Å². The molecule has 0 radical (unpaired) electrons. The van der Waals surface area contributed by atoms with E-state index in [1.807, 2.05) is 29.6 Å². The van der Waals surface area contributed by atoms with Crippen molar-refractivity contribution >= 4 is 27.3 Å². The van der Waals surface area contributed by atoms with Crippen LogP contribution in [0.2, 0.25) is 0 Å². The minimum absolute atomic E-state index is 0.0593. The Kier molecular flexibility index (Phi) is 3.73. The summed E-state index contributed by atoms with van der Waals surface area (Å²) in [6, 6.07) is 8.02. The van der Waals surface area contributed by atoms with Crippen LogP contribution in [-0.2, 0) is 11.3 Å². The normalized spacial score (nSPS) is 12.6. The third-order valence-corrected chi connectivity index (χ3v) is 3.55. The zero-order valence-corrected chi connectivity index (χ0v) is 10.0. The largest absolute Gasteiger partial charge is 0.382 e. The van der Waals surface area contributed by atoms with E-state index in [0.29, 0.717) is 6.54 Å². The molecule has 1 amide bonds. The molecule has 2 aromatic rings. The molecule has 17 heavy (non-hydrogen) atoms. The van der Waals surface area contributed by atoms with Crippen molar-refractivity contribution in [2.24, 2.45) is 5.73 Å². The van der Waals surface area contributed by atoms with Crippen molar-refractivity contribution in [3.63, 3.8) is 0 Å². The molecule has 0 bridgehead atoms. The average molecular weight is 250 g/mol. The maximum atomic E-state index is 11.4. The number of amides is 1. The highest BCUT2D eigenvalue weighted by Crippen LogP contribution is 2.25. The van der Waals surface area contributed by atoms with Crippen LogP contribution in [0.25, 0.3) is 10.1 Å². The number of nitrogens with two attached hydrogens (primary N) is 1. The Morgan fingerprint density at radius 3 is 3.00 bits per heavy atom. The lowest BCUT2D eigenvalue weighted by molar-refractivity contribution is -0.128. The predicted octanol–water partition coefficient (Wildman–Crippen LogP) is 0.837. The first-order valence-corrected chi connectivity index (χ1v) is 6.21. The van der Waals surface area contributed by atoms with Gasteiger partial charge in [-0.3, -0.25) is 4.79 Å². The Morgan fingerprint density at radius 1 is 1.47 bits per heavy atom. The van der Waals surface area contributed by atoms with Gasteiger partial charge < -0.3 is 16.2 Å². The number of thiophene rings is 1. The Balaban J connectivity index is 2.07. The summed E-state index contributed by atoms with van der Waals surface area (Å²) < 4.78 is 1.19. The van der Waals surface area contributed by atoms with Crippen molar-refractivity contribution in [2.45, 2.75) is 12.6 Å². The lowest BCUT2D eigenvalue weighted by atomic mass is 10.2. The molecule has 1 atom stereocenters. The fourth-order valence-electron chi connectivity index (χ4n) is 1.58. The van der Waals surface area contributed by atoms with E-state index in [1.54, 1.807) is 11.3 Å². The number of fused-ring (bicyclic) bond motifs is 1. The molecule has 0 fully saturated rings. The summed E-state index contributed by atoms with van der Waals surface area (Å²) >= 11 is 1.64. The van der Waals surface area contributed by atoms with Gasteiger partial charge in [-0.2, -0.15) is 0 Å². The molecular weight excluding hydrogens is 236 g/mol. The van der Waals surface area contributed by atoms with Gasteiger partial charge >= 0.3 is 0 Å². The maximum absolute atomic E-state index is 11.4. The fourth-order valence-corrected chi connectivity index (χ4v) is 2.54. The minimum Gasteiger partial charge on any atom is -0.382 e. The highest BCUT2D eigenvalue weighted by molar-refractivity contribution is 7.17. The standard InChI is InChI=1S/C12H14N2O2S/c13-5-10(15)12(16)14-6-8-7-17-11-4-2-1-3-9(8)11/h1-4,7,10,15H,5-6,13H2,(H,14,16). The van der Waals surface area contributed by atoms with Crippen molar-refractivity contribution < 1.29 is 9.90 Å². The molecule has 0 aliphatic heterocycles. The number of aliphatic hydroxyl groups excluding tert-OH is 1. The fraction of sp³-hybridized carbons (Fsp3) is 0.250. The molecule has 0 aliphatic carbocycles. The van der Waals surface area contributed by atoms with Gasteiger partial charge in [-0.1, -0.05) is 18.2 Å². The highest BCUT2D eigenvalue weighted by atomic mass is 32.1. The number of nitrogens with one attached hydrogen (secondary N) is 1. The van der Waals surface area contributed by atoms with Crippen molar-refractivity contribution in [1.29, 1.82) is 0 Å². The quantitative estimate of drug-likeness (QED) is 0.752. The van der Waals surface area contributed by atoms with E-state index in [4.69, 9.17) is 5.73 Å². The lowest BCUT2D eigenvalue weighted by Gasteiger charge is -2.08. The summed E-state index contributed by atoms with van der Waals surface area (Å²) in [6.07, 6.45) is -1.13. The van der Waals surface area contributed by atoms with Crippen LogP contribution >= 0.6 is 11.3 Å². The SMILES string of the molecule is NCC(O)C(=O)NCc1csc2ccccc12. The third-order valence-electron chi connectivity index (χ3n) is 2.54. The summed E-state index contributed by atoms with van der Waals surface area (Å²) in [5.74, 6) is -0.428. The number of hydrogen-bond acceptors (Lipinski definition) is 4. The van der Waals surface area contributed by atoms with Crippen LogP contribution in [0.3, 0.4) is 0 Å². The van der Waals surface area contributed by atoms with E-state index in [9.17, 15) is 9.90 Å². The number of rotatable bonds is 4. The summed E-state index contributed by atoms with van der Waals surface area (Å²) in [7, 11) is 0. The van der Waals surface area contributed by atoms with E-state index in [1.165, 1.54) is 4.70 Å². The highest BCUT2D eigenvalue weighted by Gasteiger charge is 2.12. The summed E-state index contributed by atoms with van der Waals surface area (Å²) in [4.78, 5) is 11.4. The number of carbonyl (C=O) groups is 1. The van der Waals surface area contributed by atoms with E-state index < -0.39 is 12.0 Å². The molecule has 2 rings (SSSR count). The maximum Gasteiger partial charge on any atom is 0.250 e. The third kappa shape index (κ3) is 2.63. The molecule has 90 valence electrons. The lowest BCUT2D eigenvalue weighted by Crippen LogP contribution is -2.38. The molecule has 4 nitrogen and oxygen atoms in total. The first kappa shape index (κ1) is 12.0. The summed E-state index contributed by atoms with van der Waals surface area (Å²) in [6.45, 7) is 0.357. The molecule has 0 saturated carbocycles. The topological polar surface area (TPSA) is 75.3 Å². The molecule has 5 heteroatoms. The second-order valence-corrected chi connectivity index (χ2v) is 4.64. The molecule has 1 heterocycles. The number of aliphatic hydroxyl groups is 1. The Hall–Kier alpha value is -1.43. The van der Waals surface area contributed by atoms with E-state index in [0.717, 1.165) is 10.9 Å². The van der Waals surface area contributed by atoms with Crippen LogP contribution in [0, 0.1) is 0 Å². The molecule has 1 unspecified atom stereocenters. The van der Waals surface area contributed by atoms with Crippen molar-refractivity contribution in [2.75, 3.05) is 6.54 Å². The predicted molar refractivity (Wildman–Crippen MR) is 68.7 cm³/mol. The van der Waals surface area contributed by atoms with E-state index in [2.05, 4.69) is 5.32 Å². The molecule has 0 saturated heterocycles. The van der Waals surface area contributed by atoms with Crippen molar-refractivity contribution in [3.8, 4) is 0 Å². The number of benzene rings is 1. The van der Waals surface area contributed by atoms with Gasteiger partial charge in [0.2, 0.25) is 5.91 Å². The number of hydrogen-bond donors (Lipinski definition) is 3. The smallest absolute Gasteiger partial charge is 0.250 e. The Morgan fingerprint density at radius 2 is 2.24 bits per heavy atom.